The summed E-state index contributed by atoms with van der Waals surface area (Å²) < 4.78 is 24.5. The van der Waals surface area contributed by atoms with Crippen LogP contribution in [0.1, 0.15) is 18.4 Å². The van der Waals surface area contributed by atoms with Crippen molar-refractivity contribution >= 4 is 33.6 Å². The van der Waals surface area contributed by atoms with Gasteiger partial charge in [0.1, 0.15) is 5.54 Å². The van der Waals surface area contributed by atoms with Gasteiger partial charge in [-0.2, -0.15) is 0 Å². The lowest BCUT2D eigenvalue weighted by Crippen LogP contribution is -2.55. The molecule has 9 heteroatoms. The fourth-order valence-electron chi connectivity index (χ4n) is 3.13. The first-order chi connectivity index (χ1) is 11.2. The van der Waals surface area contributed by atoms with Crippen LogP contribution in [0.25, 0.3) is 0 Å². The highest BCUT2D eigenvalue weighted by Crippen LogP contribution is 2.31. The zero-order valence-electron chi connectivity index (χ0n) is 13.2. The molecule has 1 aromatic carbocycles. The molecular weight excluding hydrogens is 354 g/mol. The molecule has 0 atom stereocenters. The van der Waals surface area contributed by atoms with Crippen LogP contribution in [0, 0.1) is 0 Å². The Balaban J connectivity index is 1.74. The van der Waals surface area contributed by atoms with Gasteiger partial charge in [-0.3, -0.25) is 9.69 Å². The van der Waals surface area contributed by atoms with Gasteiger partial charge in [0, 0.05) is 18.1 Å². The Kier molecular flexibility index (Phi) is 4.31. The van der Waals surface area contributed by atoms with E-state index in [1.54, 1.807) is 24.3 Å². The normalized spacial score (nSPS) is 21.3. The molecule has 1 aromatic rings. The van der Waals surface area contributed by atoms with Gasteiger partial charge in [-0.1, -0.05) is 23.7 Å². The van der Waals surface area contributed by atoms with E-state index in [1.165, 1.54) is 9.21 Å². The molecule has 2 heterocycles. The Labute approximate surface area is 145 Å². The monoisotopic (exact) mass is 371 g/mol. The minimum Gasteiger partial charge on any atom is -0.323 e. The van der Waals surface area contributed by atoms with Crippen molar-refractivity contribution in [2.24, 2.45) is 0 Å². The first-order valence-corrected chi connectivity index (χ1v) is 9.78. The Morgan fingerprint density at radius 3 is 2.29 bits per heavy atom. The van der Waals surface area contributed by atoms with Crippen molar-refractivity contribution in [1.82, 2.24) is 14.5 Å². The molecule has 2 fully saturated rings. The molecule has 24 heavy (non-hydrogen) atoms. The molecule has 1 spiro atoms. The summed E-state index contributed by atoms with van der Waals surface area (Å²) in [4.78, 5) is 26.2. The predicted molar refractivity (Wildman–Crippen MR) is 88.9 cm³/mol. The van der Waals surface area contributed by atoms with Gasteiger partial charge in [0.05, 0.1) is 12.8 Å². The van der Waals surface area contributed by atoms with E-state index in [4.69, 9.17) is 11.6 Å². The molecule has 0 aliphatic carbocycles. The Bertz CT molecular complexity index is 770. The molecule has 2 aliphatic rings. The van der Waals surface area contributed by atoms with Gasteiger partial charge < -0.3 is 5.32 Å². The van der Waals surface area contributed by atoms with Crippen molar-refractivity contribution in [3.05, 3.63) is 34.9 Å². The van der Waals surface area contributed by atoms with Gasteiger partial charge in [0.2, 0.25) is 10.0 Å². The standard InChI is InChI=1S/C15H18ClN3O4S/c1-24(22,23)18-8-6-15(7-9-18)13(20)19(14(21)17-15)10-11-2-4-12(16)5-3-11/h2-5H,6-10H2,1H3,(H,17,21). The van der Waals surface area contributed by atoms with Crippen LogP contribution in [0.5, 0.6) is 0 Å². The topological polar surface area (TPSA) is 86.8 Å². The zero-order chi connectivity index (χ0) is 17.5. The van der Waals surface area contributed by atoms with Crippen LogP contribution in [-0.4, -0.2) is 54.4 Å². The van der Waals surface area contributed by atoms with Crippen LogP contribution in [0.4, 0.5) is 4.79 Å². The number of hydrogen-bond donors (Lipinski definition) is 1. The van der Waals surface area contributed by atoms with Crippen LogP contribution in [0.15, 0.2) is 24.3 Å². The van der Waals surface area contributed by atoms with Gasteiger partial charge in [-0.25, -0.2) is 17.5 Å². The molecule has 0 aromatic heterocycles. The minimum atomic E-state index is -3.29. The van der Waals surface area contributed by atoms with E-state index in [1.807, 2.05) is 0 Å². The van der Waals surface area contributed by atoms with E-state index in [9.17, 15) is 18.0 Å². The number of rotatable bonds is 3. The Morgan fingerprint density at radius 2 is 1.75 bits per heavy atom. The van der Waals surface area contributed by atoms with Gasteiger partial charge in [0.25, 0.3) is 5.91 Å². The third kappa shape index (κ3) is 3.13. The summed E-state index contributed by atoms with van der Waals surface area (Å²) in [6.07, 6.45) is 1.70. The lowest BCUT2D eigenvalue weighted by atomic mass is 9.88. The van der Waals surface area contributed by atoms with Crippen LogP contribution in [-0.2, 0) is 21.4 Å². The van der Waals surface area contributed by atoms with Crippen LogP contribution in [0.2, 0.25) is 5.02 Å². The number of piperidine rings is 1. The summed E-state index contributed by atoms with van der Waals surface area (Å²) in [5, 5.41) is 3.35. The summed E-state index contributed by atoms with van der Waals surface area (Å²) in [5.74, 6) is -0.296. The van der Waals surface area contributed by atoms with Crippen LogP contribution < -0.4 is 5.32 Å². The summed E-state index contributed by atoms with van der Waals surface area (Å²) in [6.45, 7) is 0.610. The number of imide groups is 1. The van der Waals surface area contributed by atoms with Crippen LogP contribution >= 0.6 is 11.6 Å². The smallest absolute Gasteiger partial charge is 0.323 e. The maximum atomic E-state index is 12.8. The van der Waals surface area contributed by atoms with Crippen molar-refractivity contribution in [1.29, 1.82) is 0 Å². The highest BCUT2D eigenvalue weighted by molar-refractivity contribution is 7.88. The van der Waals surface area contributed by atoms with E-state index in [0.717, 1.165) is 11.8 Å². The molecule has 2 aliphatic heterocycles. The van der Waals surface area contributed by atoms with E-state index >= 15 is 0 Å². The number of carbonyl (C=O) groups excluding carboxylic acids is 2. The quantitative estimate of drug-likeness (QED) is 0.808. The number of sulfonamides is 1. The number of nitrogens with one attached hydrogen (secondary N) is 1. The maximum Gasteiger partial charge on any atom is 0.325 e. The number of carbonyl (C=O) groups is 2. The first-order valence-electron chi connectivity index (χ1n) is 7.55. The van der Waals surface area contributed by atoms with Gasteiger partial charge >= 0.3 is 6.03 Å². The lowest BCUT2D eigenvalue weighted by Gasteiger charge is -2.35. The number of hydrogen-bond acceptors (Lipinski definition) is 4. The molecule has 3 rings (SSSR count). The Morgan fingerprint density at radius 1 is 1.17 bits per heavy atom. The molecular formula is C15H18ClN3O4S. The van der Waals surface area contributed by atoms with Crippen molar-refractivity contribution in [3.8, 4) is 0 Å². The van der Waals surface area contributed by atoms with Crippen LogP contribution in [0.3, 0.4) is 0 Å². The number of benzene rings is 1. The fourth-order valence-corrected chi connectivity index (χ4v) is 4.10. The van der Waals surface area contributed by atoms with E-state index in [2.05, 4.69) is 5.32 Å². The first kappa shape index (κ1) is 17.2. The molecule has 0 unspecified atom stereocenters. The highest BCUT2D eigenvalue weighted by atomic mass is 35.5. The van der Waals surface area contributed by atoms with Crippen molar-refractivity contribution in [2.75, 3.05) is 19.3 Å². The lowest BCUT2D eigenvalue weighted by molar-refractivity contribution is -0.133. The molecule has 0 saturated carbocycles. The third-order valence-corrected chi connectivity index (χ3v) is 6.10. The fraction of sp³-hybridized carbons (Fsp3) is 0.467. The molecule has 0 radical (unpaired) electrons. The molecule has 130 valence electrons. The van der Waals surface area contributed by atoms with Gasteiger partial charge in [-0.05, 0) is 30.5 Å². The highest BCUT2D eigenvalue weighted by Gasteiger charge is 2.52. The van der Waals surface area contributed by atoms with E-state index in [0.29, 0.717) is 5.02 Å². The average molecular weight is 372 g/mol. The second kappa shape index (κ2) is 6.02. The SMILES string of the molecule is CS(=O)(=O)N1CCC2(CC1)NC(=O)N(Cc1ccc(Cl)cc1)C2=O. The molecule has 3 amide bonds. The molecule has 2 saturated heterocycles. The minimum absolute atomic E-state index is 0.166. The largest absolute Gasteiger partial charge is 0.325 e. The second-order valence-corrected chi connectivity index (χ2v) is 8.61. The Hall–Kier alpha value is -1.64. The van der Waals surface area contributed by atoms with Gasteiger partial charge in [-0.15, -0.1) is 0 Å². The summed E-state index contributed by atoms with van der Waals surface area (Å²) >= 11 is 5.84. The average Bonchev–Trinajstić information content (AvgIpc) is 2.73. The number of nitrogens with zero attached hydrogens (tertiary/aromatic N) is 2. The van der Waals surface area contributed by atoms with E-state index in [-0.39, 0.29) is 38.4 Å². The summed E-state index contributed by atoms with van der Waals surface area (Å²) in [5.41, 5.74) is -0.196. The molecule has 0 bridgehead atoms. The van der Waals surface area contributed by atoms with Crippen molar-refractivity contribution in [2.45, 2.75) is 24.9 Å². The van der Waals surface area contributed by atoms with Gasteiger partial charge in [0.15, 0.2) is 0 Å². The van der Waals surface area contributed by atoms with Crippen molar-refractivity contribution < 1.29 is 18.0 Å². The van der Waals surface area contributed by atoms with E-state index < -0.39 is 21.6 Å². The maximum absolute atomic E-state index is 12.8. The number of amides is 3. The number of urea groups is 1. The van der Waals surface area contributed by atoms with Crippen molar-refractivity contribution in [3.63, 3.8) is 0 Å². The summed E-state index contributed by atoms with van der Waals surface area (Å²) in [6, 6.07) is 6.49. The third-order valence-electron chi connectivity index (χ3n) is 4.54. The molecule has 1 N–H and O–H groups in total. The zero-order valence-corrected chi connectivity index (χ0v) is 14.7. The number of halogens is 1. The second-order valence-electron chi connectivity index (χ2n) is 6.19. The predicted octanol–water partition coefficient (Wildman–Crippen LogP) is 1.19. The summed E-state index contributed by atoms with van der Waals surface area (Å²) in [7, 11) is -3.29. The molecule has 7 nitrogen and oxygen atoms in total.